The van der Waals surface area contributed by atoms with E-state index < -0.39 is 0 Å². The molecule has 0 radical (unpaired) electrons. The molecule has 0 saturated heterocycles. The maximum atomic E-state index is 5.88. The Kier molecular flexibility index (Phi) is 2.87. The van der Waals surface area contributed by atoms with Crippen molar-refractivity contribution in [2.45, 2.75) is 6.92 Å². The van der Waals surface area contributed by atoms with E-state index >= 15 is 0 Å². The van der Waals surface area contributed by atoms with E-state index in [1.807, 2.05) is 31.2 Å². The van der Waals surface area contributed by atoms with Crippen LogP contribution in [-0.2, 0) is 7.05 Å². The number of anilines is 1. The van der Waals surface area contributed by atoms with Crippen molar-refractivity contribution < 1.29 is 4.74 Å². The van der Waals surface area contributed by atoms with Crippen molar-refractivity contribution in [2.75, 3.05) is 5.73 Å². The van der Waals surface area contributed by atoms with Gasteiger partial charge in [0.05, 0.1) is 10.2 Å². The highest BCUT2D eigenvalue weighted by Crippen LogP contribution is 2.33. The van der Waals surface area contributed by atoms with E-state index in [2.05, 4.69) is 21.0 Å². The summed E-state index contributed by atoms with van der Waals surface area (Å²) in [5, 5.41) is 4.19. The van der Waals surface area contributed by atoms with Crippen LogP contribution in [0.1, 0.15) is 5.69 Å². The first-order chi connectivity index (χ1) is 7.59. The number of hydrogen-bond acceptors (Lipinski definition) is 3. The molecule has 5 heteroatoms. The van der Waals surface area contributed by atoms with Gasteiger partial charge in [0.1, 0.15) is 11.4 Å². The van der Waals surface area contributed by atoms with E-state index in [4.69, 9.17) is 10.5 Å². The number of hydrogen-bond donors (Lipinski definition) is 1. The van der Waals surface area contributed by atoms with Crippen LogP contribution in [0.15, 0.2) is 28.7 Å². The largest absolute Gasteiger partial charge is 0.436 e. The summed E-state index contributed by atoms with van der Waals surface area (Å²) in [4.78, 5) is 0. The number of benzene rings is 1. The number of para-hydroxylation sites is 1. The summed E-state index contributed by atoms with van der Waals surface area (Å²) in [5.74, 6) is 1.28. The Balaban J connectivity index is 2.38. The van der Waals surface area contributed by atoms with Crippen LogP contribution in [0.2, 0.25) is 0 Å². The van der Waals surface area contributed by atoms with E-state index in [0.717, 1.165) is 15.9 Å². The normalized spacial score (nSPS) is 10.4. The first-order valence-electron chi connectivity index (χ1n) is 4.81. The van der Waals surface area contributed by atoms with E-state index in [9.17, 15) is 0 Å². The number of nitrogen functional groups attached to an aromatic ring is 1. The average Bonchev–Trinajstić information content (AvgIpc) is 2.48. The molecule has 0 aliphatic heterocycles. The highest BCUT2D eigenvalue weighted by Gasteiger charge is 2.13. The van der Waals surface area contributed by atoms with Gasteiger partial charge in [0.25, 0.3) is 0 Å². The van der Waals surface area contributed by atoms with Gasteiger partial charge in [-0.3, -0.25) is 0 Å². The second-order valence-corrected chi connectivity index (χ2v) is 4.31. The minimum atomic E-state index is 0.560. The Bertz CT molecular complexity index is 522. The van der Waals surface area contributed by atoms with Gasteiger partial charge in [0, 0.05) is 7.05 Å². The van der Waals surface area contributed by atoms with Crippen LogP contribution in [0.4, 0.5) is 5.69 Å². The van der Waals surface area contributed by atoms with Crippen LogP contribution in [0, 0.1) is 6.92 Å². The third-order valence-electron chi connectivity index (χ3n) is 2.26. The molecule has 2 aromatic rings. The van der Waals surface area contributed by atoms with Gasteiger partial charge in [-0.25, -0.2) is 4.68 Å². The maximum Gasteiger partial charge on any atom is 0.241 e. The maximum absolute atomic E-state index is 5.88. The third-order valence-corrected chi connectivity index (χ3v) is 2.91. The van der Waals surface area contributed by atoms with Crippen LogP contribution >= 0.6 is 15.9 Å². The lowest BCUT2D eigenvalue weighted by molar-refractivity contribution is 0.430. The highest BCUT2D eigenvalue weighted by molar-refractivity contribution is 9.10. The fourth-order valence-electron chi connectivity index (χ4n) is 1.41. The van der Waals surface area contributed by atoms with Crippen molar-refractivity contribution in [3.8, 4) is 11.6 Å². The van der Waals surface area contributed by atoms with Crippen molar-refractivity contribution >= 4 is 21.6 Å². The Morgan fingerprint density at radius 3 is 2.62 bits per heavy atom. The van der Waals surface area contributed by atoms with Gasteiger partial charge in [-0.1, -0.05) is 12.1 Å². The molecule has 0 saturated carbocycles. The van der Waals surface area contributed by atoms with Gasteiger partial charge in [0.2, 0.25) is 5.88 Å². The summed E-state index contributed by atoms with van der Waals surface area (Å²) in [5.41, 5.74) is 7.21. The van der Waals surface area contributed by atoms with Crippen molar-refractivity contribution in [1.82, 2.24) is 9.78 Å². The summed E-state index contributed by atoms with van der Waals surface area (Å²) in [6, 6.07) is 7.61. The smallest absolute Gasteiger partial charge is 0.241 e. The van der Waals surface area contributed by atoms with Gasteiger partial charge in [0.15, 0.2) is 0 Å². The summed E-state index contributed by atoms with van der Waals surface area (Å²) >= 11 is 3.41. The van der Waals surface area contributed by atoms with Crippen LogP contribution in [-0.4, -0.2) is 9.78 Å². The number of aryl methyl sites for hydroxylation is 2. The predicted octanol–water partition coefficient (Wildman–Crippen LogP) is 2.87. The molecule has 0 bridgehead atoms. The number of nitrogens with zero attached hydrogens (tertiary/aromatic N) is 2. The van der Waals surface area contributed by atoms with Gasteiger partial charge in [-0.15, -0.1) is 0 Å². The molecule has 84 valence electrons. The molecule has 2 rings (SSSR count). The van der Waals surface area contributed by atoms with E-state index in [1.54, 1.807) is 11.7 Å². The standard InChI is InChI=1S/C11H12BrN3O/c1-7-10(13)11(15(2)14-7)16-9-6-4-3-5-8(9)12/h3-6H,13H2,1-2H3. The molecule has 0 unspecified atom stereocenters. The molecule has 0 aliphatic rings. The molecule has 2 N–H and O–H groups in total. The number of aromatic nitrogens is 2. The second-order valence-electron chi connectivity index (χ2n) is 3.46. The molecule has 4 nitrogen and oxygen atoms in total. The Morgan fingerprint density at radius 2 is 2.06 bits per heavy atom. The minimum Gasteiger partial charge on any atom is -0.436 e. The van der Waals surface area contributed by atoms with Gasteiger partial charge < -0.3 is 10.5 Å². The lowest BCUT2D eigenvalue weighted by Crippen LogP contribution is -1.97. The van der Waals surface area contributed by atoms with Crippen LogP contribution in [0.5, 0.6) is 11.6 Å². The molecular formula is C11H12BrN3O. The topological polar surface area (TPSA) is 53.1 Å². The molecule has 0 atom stereocenters. The zero-order valence-electron chi connectivity index (χ0n) is 9.07. The molecule has 1 aromatic carbocycles. The van der Waals surface area contributed by atoms with Crippen molar-refractivity contribution in [3.05, 3.63) is 34.4 Å². The molecule has 0 amide bonds. The van der Waals surface area contributed by atoms with Gasteiger partial charge in [-0.05, 0) is 35.0 Å². The van der Waals surface area contributed by atoms with E-state index in [-0.39, 0.29) is 0 Å². The number of rotatable bonds is 2. The van der Waals surface area contributed by atoms with E-state index in [0.29, 0.717) is 11.6 Å². The average molecular weight is 282 g/mol. The molecule has 0 spiro atoms. The van der Waals surface area contributed by atoms with Crippen LogP contribution in [0.25, 0.3) is 0 Å². The molecule has 1 aromatic heterocycles. The van der Waals surface area contributed by atoms with Gasteiger partial charge >= 0.3 is 0 Å². The summed E-state index contributed by atoms with van der Waals surface area (Å²) in [6.45, 7) is 1.85. The lowest BCUT2D eigenvalue weighted by Gasteiger charge is -2.07. The first kappa shape index (κ1) is 11.0. The van der Waals surface area contributed by atoms with Crippen molar-refractivity contribution in [1.29, 1.82) is 0 Å². The molecular weight excluding hydrogens is 270 g/mol. The highest BCUT2D eigenvalue weighted by atomic mass is 79.9. The first-order valence-corrected chi connectivity index (χ1v) is 5.60. The minimum absolute atomic E-state index is 0.560. The Morgan fingerprint density at radius 1 is 1.38 bits per heavy atom. The zero-order valence-corrected chi connectivity index (χ0v) is 10.7. The monoisotopic (exact) mass is 281 g/mol. The summed E-state index contributed by atoms with van der Waals surface area (Å²) < 4.78 is 8.23. The fourth-order valence-corrected chi connectivity index (χ4v) is 1.77. The number of ether oxygens (including phenoxy) is 1. The van der Waals surface area contributed by atoms with Crippen LogP contribution in [0.3, 0.4) is 0 Å². The summed E-state index contributed by atoms with van der Waals surface area (Å²) in [6.07, 6.45) is 0. The predicted molar refractivity (Wildman–Crippen MR) is 66.6 cm³/mol. The molecule has 0 aliphatic carbocycles. The quantitative estimate of drug-likeness (QED) is 0.921. The molecule has 1 heterocycles. The lowest BCUT2D eigenvalue weighted by atomic mass is 10.3. The zero-order chi connectivity index (χ0) is 11.7. The van der Waals surface area contributed by atoms with Gasteiger partial charge in [-0.2, -0.15) is 5.10 Å². The molecule has 16 heavy (non-hydrogen) atoms. The number of nitrogens with two attached hydrogens (primary N) is 1. The Hall–Kier alpha value is -1.49. The Labute approximate surface area is 102 Å². The second kappa shape index (κ2) is 4.17. The van der Waals surface area contributed by atoms with Crippen molar-refractivity contribution in [2.24, 2.45) is 7.05 Å². The third kappa shape index (κ3) is 1.90. The SMILES string of the molecule is Cc1nn(C)c(Oc2ccccc2Br)c1N. The van der Waals surface area contributed by atoms with Crippen LogP contribution < -0.4 is 10.5 Å². The van der Waals surface area contributed by atoms with Crippen molar-refractivity contribution in [3.63, 3.8) is 0 Å². The number of halogens is 1. The fraction of sp³-hybridized carbons (Fsp3) is 0.182. The van der Waals surface area contributed by atoms with E-state index in [1.165, 1.54) is 0 Å². The molecule has 0 fully saturated rings. The summed E-state index contributed by atoms with van der Waals surface area (Å²) in [7, 11) is 1.80.